The number of carbonyl (C=O) groups is 2. The number of unbranched alkanes of at least 4 members (excludes halogenated alkanes) is 1. The van der Waals surface area contributed by atoms with Crippen LogP contribution in [0.1, 0.15) is 76.7 Å². The summed E-state index contributed by atoms with van der Waals surface area (Å²) in [5, 5.41) is 3.20. The molecule has 180 valence electrons. The lowest BCUT2D eigenvalue weighted by Crippen LogP contribution is -2.73. The Labute approximate surface area is 199 Å². The van der Waals surface area contributed by atoms with Crippen LogP contribution < -0.4 is 5.32 Å². The van der Waals surface area contributed by atoms with E-state index < -0.39 is 5.54 Å². The van der Waals surface area contributed by atoms with E-state index in [4.69, 9.17) is 0 Å². The van der Waals surface area contributed by atoms with Crippen LogP contribution in [0, 0.1) is 5.92 Å². The minimum atomic E-state index is -0.658. The molecule has 3 fully saturated rings. The van der Waals surface area contributed by atoms with E-state index in [-0.39, 0.29) is 17.9 Å². The van der Waals surface area contributed by atoms with Gasteiger partial charge in [0.15, 0.2) is 0 Å². The Kier molecular flexibility index (Phi) is 8.24. The average Bonchev–Trinajstić information content (AvgIpc) is 2.85. The summed E-state index contributed by atoms with van der Waals surface area (Å²) in [6.07, 6.45) is 14.9. The molecule has 1 aliphatic carbocycles. The van der Waals surface area contributed by atoms with E-state index in [0.29, 0.717) is 12.5 Å². The lowest BCUT2D eigenvalue weighted by molar-refractivity contribution is -0.161. The second-order valence-corrected chi connectivity index (χ2v) is 10.3. The summed E-state index contributed by atoms with van der Waals surface area (Å²) in [5.74, 6) is 0.845. The van der Waals surface area contributed by atoms with Gasteiger partial charge in [-0.25, -0.2) is 0 Å². The average molecular weight is 452 g/mol. The number of hydrogen-bond acceptors (Lipinski definition) is 3. The van der Waals surface area contributed by atoms with Crippen LogP contribution in [0.25, 0.3) is 6.08 Å². The third kappa shape index (κ3) is 5.68. The van der Waals surface area contributed by atoms with Crippen molar-refractivity contribution in [2.45, 2.75) is 82.7 Å². The number of hydrogen-bond donors (Lipinski definition) is 1. The van der Waals surface area contributed by atoms with Crippen molar-refractivity contribution in [1.29, 1.82) is 0 Å². The van der Waals surface area contributed by atoms with E-state index in [1.165, 1.54) is 37.7 Å². The molecule has 2 saturated heterocycles. The minimum absolute atomic E-state index is 0.0958. The van der Waals surface area contributed by atoms with Crippen LogP contribution in [0.3, 0.4) is 0 Å². The molecule has 1 aromatic rings. The highest BCUT2D eigenvalue weighted by Gasteiger charge is 2.53. The summed E-state index contributed by atoms with van der Waals surface area (Å²) < 4.78 is 0. The zero-order valence-corrected chi connectivity index (χ0v) is 20.3. The first-order valence-electron chi connectivity index (χ1n) is 13.2. The van der Waals surface area contributed by atoms with E-state index in [9.17, 15) is 9.59 Å². The van der Waals surface area contributed by atoms with Gasteiger partial charge in [-0.05, 0) is 37.2 Å². The van der Waals surface area contributed by atoms with Crippen LogP contribution in [0.5, 0.6) is 0 Å². The summed E-state index contributed by atoms with van der Waals surface area (Å²) in [7, 11) is 0. The van der Waals surface area contributed by atoms with Gasteiger partial charge in [0.1, 0.15) is 11.6 Å². The lowest BCUT2D eigenvalue weighted by atomic mass is 9.79. The second kappa shape index (κ2) is 11.3. The van der Waals surface area contributed by atoms with Crippen molar-refractivity contribution < 1.29 is 9.59 Å². The Morgan fingerprint density at radius 3 is 2.48 bits per heavy atom. The van der Waals surface area contributed by atoms with Crippen molar-refractivity contribution in [3.63, 3.8) is 0 Å². The number of nitrogens with zero attached hydrogens (tertiary/aromatic N) is 2. The highest BCUT2D eigenvalue weighted by atomic mass is 16.2. The van der Waals surface area contributed by atoms with Crippen molar-refractivity contribution in [2.24, 2.45) is 5.92 Å². The SMILES string of the molecule is CCCCN1C(=O)C(CC2CCCCC2)NC(=O)C12CCN(CC=Cc1ccccc1)CC2. The molecule has 0 bridgehead atoms. The zero-order valence-electron chi connectivity index (χ0n) is 20.3. The monoisotopic (exact) mass is 451 g/mol. The standard InChI is InChI=1S/C28H41N3O2/c1-2-3-19-31-26(32)25(22-24-13-8-5-9-14-24)29-27(33)28(31)16-20-30(21-17-28)18-10-15-23-11-6-4-7-12-23/h4,6-7,10-12,15,24-25H,2-3,5,8-9,13-14,16-22H2,1H3,(H,29,33). The van der Waals surface area contributed by atoms with Crippen LogP contribution in [-0.4, -0.2) is 59.4 Å². The molecule has 1 atom stereocenters. The number of rotatable bonds is 8. The minimum Gasteiger partial charge on any atom is -0.342 e. The maximum absolute atomic E-state index is 13.6. The molecule has 2 amide bonds. The van der Waals surface area contributed by atoms with E-state index in [1.54, 1.807) is 0 Å². The Morgan fingerprint density at radius 1 is 1.06 bits per heavy atom. The first kappa shape index (κ1) is 24.0. The fourth-order valence-corrected chi connectivity index (χ4v) is 5.94. The van der Waals surface area contributed by atoms with Crippen LogP contribution in [0.2, 0.25) is 0 Å². The molecular formula is C28H41N3O2. The van der Waals surface area contributed by atoms with Gasteiger partial charge in [0.25, 0.3) is 0 Å². The third-order valence-corrected chi connectivity index (χ3v) is 7.99. The van der Waals surface area contributed by atoms with Crippen molar-refractivity contribution in [3.05, 3.63) is 42.0 Å². The van der Waals surface area contributed by atoms with E-state index in [1.807, 2.05) is 11.0 Å². The van der Waals surface area contributed by atoms with E-state index in [0.717, 1.165) is 51.7 Å². The van der Waals surface area contributed by atoms with Crippen molar-refractivity contribution >= 4 is 17.9 Å². The molecule has 4 rings (SSSR count). The number of nitrogens with one attached hydrogen (secondary N) is 1. The molecule has 2 aliphatic heterocycles. The number of likely N-dealkylation sites (tertiary alicyclic amines) is 1. The normalized spacial score (nSPS) is 24.5. The van der Waals surface area contributed by atoms with Gasteiger partial charge in [0.2, 0.25) is 11.8 Å². The summed E-state index contributed by atoms with van der Waals surface area (Å²) in [6, 6.07) is 10.0. The zero-order chi connectivity index (χ0) is 23.1. The predicted molar refractivity (Wildman–Crippen MR) is 134 cm³/mol. The third-order valence-electron chi connectivity index (χ3n) is 7.99. The summed E-state index contributed by atoms with van der Waals surface area (Å²) in [4.78, 5) is 31.5. The summed E-state index contributed by atoms with van der Waals surface area (Å²) in [5.41, 5.74) is 0.549. The smallest absolute Gasteiger partial charge is 0.246 e. The first-order chi connectivity index (χ1) is 16.1. The molecule has 1 N–H and O–H groups in total. The van der Waals surface area contributed by atoms with Crippen molar-refractivity contribution in [3.8, 4) is 0 Å². The maximum Gasteiger partial charge on any atom is 0.246 e. The van der Waals surface area contributed by atoms with E-state index in [2.05, 4.69) is 53.6 Å². The fraction of sp³-hybridized carbons (Fsp3) is 0.643. The number of piperazine rings is 1. The van der Waals surface area contributed by atoms with Crippen LogP contribution in [-0.2, 0) is 9.59 Å². The molecular weight excluding hydrogens is 410 g/mol. The molecule has 33 heavy (non-hydrogen) atoms. The first-order valence-corrected chi connectivity index (χ1v) is 13.2. The number of amides is 2. The molecule has 0 radical (unpaired) electrons. The lowest BCUT2D eigenvalue weighted by Gasteiger charge is -2.52. The van der Waals surface area contributed by atoms with Crippen LogP contribution in [0.4, 0.5) is 0 Å². The molecule has 5 heteroatoms. The Morgan fingerprint density at radius 2 is 1.79 bits per heavy atom. The molecule has 0 aromatic heterocycles. The number of piperidine rings is 1. The predicted octanol–water partition coefficient (Wildman–Crippen LogP) is 4.63. The van der Waals surface area contributed by atoms with Gasteiger partial charge in [-0.1, -0.05) is 87.9 Å². The maximum atomic E-state index is 13.6. The van der Waals surface area contributed by atoms with Gasteiger partial charge in [-0.2, -0.15) is 0 Å². The van der Waals surface area contributed by atoms with E-state index >= 15 is 0 Å². The van der Waals surface area contributed by atoms with Crippen molar-refractivity contribution in [1.82, 2.24) is 15.1 Å². The number of benzene rings is 1. The largest absolute Gasteiger partial charge is 0.342 e. The Hall–Kier alpha value is -2.14. The molecule has 1 saturated carbocycles. The summed E-state index contributed by atoms with van der Waals surface area (Å²) in [6.45, 7) is 5.42. The van der Waals surface area contributed by atoms with Gasteiger partial charge in [-0.15, -0.1) is 0 Å². The second-order valence-electron chi connectivity index (χ2n) is 10.3. The van der Waals surface area contributed by atoms with Gasteiger partial charge in [0.05, 0.1) is 0 Å². The van der Waals surface area contributed by atoms with Crippen molar-refractivity contribution in [2.75, 3.05) is 26.2 Å². The van der Waals surface area contributed by atoms with Gasteiger partial charge >= 0.3 is 0 Å². The molecule has 1 spiro atoms. The fourth-order valence-electron chi connectivity index (χ4n) is 5.94. The Bertz CT molecular complexity index is 808. The highest BCUT2D eigenvalue weighted by molar-refractivity contribution is 6.00. The molecule has 5 nitrogen and oxygen atoms in total. The van der Waals surface area contributed by atoms with Gasteiger partial charge in [-0.3, -0.25) is 14.5 Å². The van der Waals surface area contributed by atoms with Crippen LogP contribution in [0.15, 0.2) is 36.4 Å². The van der Waals surface area contributed by atoms with Gasteiger partial charge < -0.3 is 10.2 Å². The topological polar surface area (TPSA) is 52.7 Å². The highest BCUT2D eigenvalue weighted by Crippen LogP contribution is 2.36. The molecule has 1 aromatic carbocycles. The van der Waals surface area contributed by atoms with Gasteiger partial charge in [0, 0.05) is 26.2 Å². The molecule has 1 unspecified atom stereocenters. The Balaban J connectivity index is 1.39. The molecule has 3 aliphatic rings. The van der Waals surface area contributed by atoms with Crippen LogP contribution >= 0.6 is 0 Å². The molecule has 2 heterocycles. The summed E-state index contributed by atoms with van der Waals surface area (Å²) >= 11 is 0. The quantitative estimate of drug-likeness (QED) is 0.627. The number of carbonyl (C=O) groups excluding carboxylic acids is 2.